The first kappa shape index (κ1) is 13.7. The van der Waals surface area contributed by atoms with Gasteiger partial charge in [0.15, 0.2) is 0 Å². The highest BCUT2D eigenvalue weighted by atomic mass is 16.3. The van der Waals surface area contributed by atoms with E-state index < -0.39 is 0 Å². The highest BCUT2D eigenvalue weighted by molar-refractivity contribution is 5.48. The van der Waals surface area contributed by atoms with E-state index in [1.165, 1.54) is 12.0 Å². The summed E-state index contributed by atoms with van der Waals surface area (Å²) in [5, 5.41) is 9.67. The first-order valence-electron chi connectivity index (χ1n) is 6.96. The number of phenols is 1. The van der Waals surface area contributed by atoms with E-state index in [0.29, 0.717) is 11.0 Å². The van der Waals surface area contributed by atoms with Gasteiger partial charge in [-0.2, -0.15) is 0 Å². The second-order valence-corrected chi connectivity index (χ2v) is 6.33. The maximum Gasteiger partial charge on any atom is 0.131 e. The molecule has 0 aromatic heterocycles. The Labute approximate surface area is 116 Å². The average molecular weight is 254 g/mol. The van der Waals surface area contributed by atoms with Crippen LogP contribution in [-0.4, -0.2) is 5.11 Å². The van der Waals surface area contributed by atoms with Gasteiger partial charge in [0.2, 0.25) is 0 Å². The monoisotopic (exact) mass is 254 g/mol. The van der Waals surface area contributed by atoms with Crippen molar-refractivity contribution in [2.45, 2.75) is 40.0 Å². The maximum atomic E-state index is 9.67. The minimum atomic E-state index is 0.263. The fourth-order valence-corrected chi connectivity index (χ4v) is 2.46. The summed E-state index contributed by atoms with van der Waals surface area (Å²) in [7, 11) is 0. The number of hydrogen-bond donors (Lipinski definition) is 1. The molecule has 1 heteroatoms. The average Bonchev–Trinajstić information content (AvgIpc) is 2.37. The number of phenolic OH excluding ortho intramolecular Hbond substituents is 1. The van der Waals surface area contributed by atoms with E-state index in [-0.39, 0.29) is 5.75 Å². The fraction of sp³-hybridized carbons (Fsp3) is 0.444. The molecule has 1 atom stereocenters. The van der Waals surface area contributed by atoms with Crippen LogP contribution in [0.1, 0.15) is 45.6 Å². The quantitative estimate of drug-likeness (QED) is 0.675. The van der Waals surface area contributed by atoms with E-state index in [2.05, 4.69) is 38.7 Å². The number of benzene rings is 1. The van der Waals surface area contributed by atoms with Crippen LogP contribution in [0.3, 0.4) is 0 Å². The molecule has 0 radical (unpaired) electrons. The molecule has 2 rings (SSSR count). The largest absolute Gasteiger partial charge is 0.507 e. The second-order valence-electron chi connectivity index (χ2n) is 6.33. The summed E-state index contributed by atoms with van der Waals surface area (Å²) < 4.78 is 0. The standard InChI is InChI=1S/C18H22O/c1-18(2,3)16-12-9-14(10-13-16)8-11-15-6-4-5-7-17(15)19/h4-7,9,16,19H,10,12-13H2,1-3H3. The van der Waals surface area contributed by atoms with Gasteiger partial charge in [-0.05, 0) is 48.3 Å². The smallest absolute Gasteiger partial charge is 0.131 e. The maximum absolute atomic E-state index is 9.67. The molecule has 1 aliphatic carbocycles. The fourth-order valence-electron chi connectivity index (χ4n) is 2.46. The molecule has 1 nitrogen and oxygen atoms in total. The van der Waals surface area contributed by atoms with Crippen LogP contribution in [0, 0.1) is 23.2 Å². The van der Waals surface area contributed by atoms with Crippen molar-refractivity contribution >= 4 is 0 Å². The van der Waals surface area contributed by atoms with Gasteiger partial charge in [0.25, 0.3) is 0 Å². The predicted octanol–water partition coefficient (Wildman–Crippen LogP) is 4.52. The van der Waals surface area contributed by atoms with E-state index >= 15 is 0 Å². The molecule has 0 fully saturated rings. The lowest BCUT2D eigenvalue weighted by molar-refractivity contribution is 0.222. The third-order valence-electron chi connectivity index (χ3n) is 3.90. The van der Waals surface area contributed by atoms with Gasteiger partial charge in [-0.25, -0.2) is 0 Å². The second kappa shape index (κ2) is 5.53. The van der Waals surface area contributed by atoms with Gasteiger partial charge in [0.1, 0.15) is 5.75 Å². The molecule has 100 valence electrons. The van der Waals surface area contributed by atoms with E-state index in [4.69, 9.17) is 0 Å². The summed E-state index contributed by atoms with van der Waals surface area (Å²) in [5.74, 6) is 7.29. The zero-order chi connectivity index (χ0) is 13.9. The highest BCUT2D eigenvalue weighted by Crippen LogP contribution is 2.36. The number of allylic oxidation sites excluding steroid dienone is 2. The van der Waals surface area contributed by atoms with E-state index in [0.717, 1.165) is 18.8 Å². The molecule has 1 unspecified atom stereocenters. The van der Waals surface area contributed by atoms with Crippen molar-refractivity contribution in [1.82, 2.24) is 0 Å². The molecule has 0 spiro atoms. The predicted molar refractivity (Wildman–Crippen MR) is 79.9 cm³/mol. The number of aromatic hydroxyl groups is 1. The molecule has 0 bridgehead atoms. The molecular formula is C18H22O. The molecule has 1 aliphatic rings. The molecule has 0 saturated heterocycles. The molecule has 0 heterocycles. The minimum absolute atomic E-state index is 0.263. The van der Waals surface area contributed by atoms with Crippen molar-refractivity contribution in [1.29, 1.82) is 0 Å². The van der Waals surface area contributed by atoms with Crippen LogP contribution >= 0.6 is 0 Å². The Bertz CT molecular complexity index is 535. The Morgan fingerprint density at radius 1 is 1.16 bits per heavy atom. The van der Waals surface area contributed by atoms with Crippen LogP contribution in [0.15, 0.2) is 35.9 Å². The summed E-state index contributed by atoms with van der Waals surface area (Å²) in [6, 6.07) is 7.24. The van der Waals surface area contributed by atoms with Gasteiger partial charge in [-0.15, -0.1) is 0 Å². The number of hydrogen-bond acceptors (Lipinski definition) is 1. The number of para-hydroxylation sites is 1. The van der Waals surface area contributed by atoms with Crippen LogP contribution in [-0.2, 0) is 0 Å². The van der Waals surface area contributed by atoms with Crippen LogP contribution < -0.4 is 0 Å². The van der Waals surface area contributed by atoms with Gasteiger partial charge >= 0.3 is 0 Å². The SMILES string of the molecule is CC(C)(C)C1CC=C(C#Cc2ccccc2O)CC1. The summed E-state index contributed by atoms with van der Waals surface area (Å²) in [6.07, 6.45) is 5.66. The minimum Gasteiger partial charge on any atom is -0.507 e. The third kappa shape index (κ3) is 3.64. The van der Waals surface area contributed by atoms with Crippen LogP contribution in [0.5, 0.6) is 5.75 Å². The molecule has 0 saturated carbocycles. The van der Waals surface area contributed by atoms with E-state index in [9.17, 15) is 5.11 Å². The summed E-state index contributed by atoms with van der Waals surface area (Å²) in [6.45, 7) is 6.93. The number of rotatable bonds is 0. The summed E-state index contributed by atoms with van der Waals surface area (Å²) in [4.78, 5) is 0. The van der Waals surface area contributed by atoms with Gasteiger partial charge in [0, 0.05) is 0 Å². The first-order chi connectivity index (χ1) is 8.97. The summed E-state index contributed by atoms with van der Waals surface area (Å²) >= 11 is 0. The molecule has 0 aliphatic heterocycles. The van der Waals surface area contributed by atoms with Crippen molar-refractivity contribution in [3.05, 3.63) is 41.5 Å². The van der Waals surface area contributed by atoms with E-state index in [1.54, 1.807) is 6.07 Å². The summed E-state index contributed by atoms with van der Waals surface area (Å²) in [5.41, 5.74) is 2.30. The lowest BCUT2D eigenvalue weighted by atomic mass is 9.73. The topological polar surface area (TPSA) is 20.2 Å². The molecule has 1 aromatic rings. The lowest BCUT2D eigenvalue weighted by Crippen LogP contribution is -2.21. The normalized spacial score (nSPS) is 19.3. The highest BCUT2D eigenvalue weighted by Gasteiger charge is 2.25. The molecule has 1 aromatic carbocycles. The van der Waals surface area contributed by atoms with Crippen LogP contribution in [0.25, 0.3) is 0 Å². The Kier molecular flexibility index (Phi) is 4.00. The van der Waals surface area contributed by atoms with Crippen molar-refractivity contribution in [2.75, 3.05) is 0 Å². The van der Waals surface area contributed by atoms with Gasteiger partial charge < -0.3 is 5.11 Å². The molecule has 0 amide bonds. The zero-order valence-electron chi connectivity index (χ0n) is 12.0. The lowest BCUT2D eigenvalue weighted by Gasteiger charge is -2.32. The third-order valence-corrected chi connectivity index (χ3v) is 3.90. The van der Waals surface area contributed by atoms with Crippen molar-refractivity contribution < 1.29 is 5.11 Å². The molecule has 1 N–H and O–H groups in total. The van der Waals surface area contributed by atoms with Gasteiger partial charge in [0.05, 0.1) is 5.56 Å². The van der Waals surface area contributed by atoms with Crippen molar-refractivity contribution in [2.24, 2.45) is 11.3 Å². The van der Waals surface area contributed by atoms with Gasteiger partial charge in [-0.1, -0.05) is 50.8 Å². The Hall–Kier alpha value is -1.68. The molecular weight excluding hydrogens is 232 g/mol. The van der Waals surface area contributed by atoms with Crippen LogP contribution in [0.4, 0.5) is 0 Å². The first-order valence-corrected chi connectivity index (χ1v) is 6.96. The van der Waals surface area contributed by atoms with Crippen molar-refractivity contribution in [3.8, 4) is 17.6 Å². The Morgan fingerprint density at radius 3 is 2.47 bits per heavy atom. The Balaban J connectivity index is 2.07. The molecule has 19 heavy (non-hydrogen) atoms. The van der Waals surface area contributed by atoms with E-state index in [1.807, 2.05) is 18.2 Å². The van der Waals surface area contributed by atoms with Gasteiger partial charge in [-0.3, -0.25) is 0 Å². The van der Waals surface area contributed by atoms with Crippen molar-refractivity contribution in [3.63, 3.8) is 0 Å². The zero-order valence-corrected chi connectivity index (χ0v) is 12.0. The Morgan fingerprint density at radius 2 is 1.89 bits per heavy atom. The van der Waals surface area contributed by atoms with Crippen LogP contribution in [0.2, 0.25) is 0 Å².